The third-order valence-electron chi connectivity index (χ3n) is 5.35. The number of hydrogen-bond donors (Lipinski definition) is 1. The van der Waals surface area contributed by atoms with Crippen LogP contribution in [-0.4, -0.2) is 64.7 Å². The minimum atomic E-state index is -3.27. The molecule has 2 N–H and O–H groups in total. The highest BCUT2D eigenvalue weighted by atomic mass is 32.2. The van der Waals surface area contributed by atoms with Crippen molar-refractivity contribution < 1.29 is 13.2 Å². The lowest BCUT2D eigenvalue weighted by molar-refractivity contribution is 0.122. The van der Waals surface area contributed by atoms with Gasteiger partial charge in [0.1, 0.15) is 0 Å². The average Bonchev–Trinajstić information content (AvgIpc) is 3.33. The third kappa shape index (κ3) is 3.29. The van der Waals surface area contributed by atoms with E-state index in [2.05, 4.69) is 14.9 Å². The second-order valence-electron chi connectivity index (χ2n) is 7.15. The predicted octanol–water partition coefficient (Wildman–Crippen LogP) is 1.23. The zero-order valence-electron chi connectivity index (χ0n) is 16.4. The molecular weight excluding hydrogens is 426 g/mol. The third-order valence-corrected chi connectivity index (χ3v) is 8.33. The largest absolute Gasteiger partial charge is 0.378 e. The van der Waals surface area contributed by atoms with Crippen molar-refractivity contribution in [1.29, 1.82) is 0 Å². The van der Waals surface area contributed by atoms with Crippen molar-refractivity contribution in [3.63, 3.8) is 0 Å². The maximum absolute atomic E-state index is 12.4. The summed E-state index contributed by atoms with van der Waals surface area (Å²) in [6, 6.07) is 0. The van der Waals surface area contributed by atoms with Gasteiger partial charge in [-0.05, 0) is 6.92 Å². The van der Waals surface area contributed by atoms with Crippen molar-refractivity contribution in [1.82, 2.24) is 24.2 Å². The molecule has 0 bridgehead atoms. The molecule has 0 atom stereocenters. The lowest BCUT2D eigenvalue weighted by Crippen LogP contribution is -2.37. The first kappa shape index (κ1) is 19.5. The van der Waals surface area contributed by atoms with E-state index in [1.54, 1.807) is 30.7 Å². The van der Waals surface area contributed by atoms with Crippen LogP contribution >= 0.6 is 11.3 Å². The summed E-state index contributed by atoms with van der Waals surface area (Å²) in [5, 5.41) is 0. The molecule has 3 aromatic rings. The molecular formula is C18H21N7O3S2. The molecule has 30 heavy (non-hydrogen) atoms. The van der Waals surface area contributed by atoms with Gasteiger partial charge in [-0.2, -0.15) is 4.31 Å². The van der Waals surface area contributed by atoms with Crippen LogP contribution in [0.5, 0.6) is 0 Å². The average molecular weight is 448 g/mol. The topological polar surface area (TPSA) is 127 Å². The molecule has 158 valence electrons. The number of morpholine rings is 1. The number of anilines is 2. The molecule has 1 saturated heterocycles. The van der Waals surface area contributed by atoms with Crippen LogP contribution in [0.1, 0.15) is 17.4 Å². The second-order valence-corrected chi connectivity index (χ2v) is 10.5. The van der Waals surface area contributed by atoms with Gasteiger partial charge in [-0.15, -0.1) is 11.3 Å². The highest BCUT2D eigenvalue weighted by molar-refractivity contribution is 7.89. The molecule has 0 aromatic carbocycles. The fourth-order valence-electron chi connectivity index (χ4n) is 3.69. The SMILES string of the molecule is CCS(=O)(=O)N1Cc2sc3c(N4CCOCC4)nc(-c4cnc(N)nc4)nc3c2C1. The Morgan fingerprint density at radius 1 is 1.17 bits per heavy atom. The molecule has 0 saturated carbocycles. The van der Waals surface area contributed by atoms with Gasteiger partial charge in [-0.25, -0.2) is 28.4 Å². The Morgan fingerprint density at radius 3 is 2.60 bits per heavy atom. The van der Waals surface area contributed by atoms with E-state index in [0.717, 1.165) is 39.6 Å². The van der Waals surface area contributed by atoms with Gasteiger partial charge >= 0.3 is 0 Å². The minimum absolute atomic E-state index is 0.0852. The van der Waals surface area contributed by atoms with E-state index in [0.29, 0.717) is 37.7 Å². The standard InChI is InChI=1S/C18H21N7O3S2/c1-2-30(26,27)25-9-12-13(10-25)29-15-14(12)22-16(11-7-20-18(19)21-8-11)23-17(15)24-3-5-28-6-4-24/h7-8H,2-6,9-10H2,1H3,(H2,19,20,21). The minimum Gasteiger partial charge on any atom is -0.378 e. The first-order chi connectivity index (χ1) is 14.5. The summed E-state index contributed by atoms with van der Waals surface area (Å²) in [7, 11) is -3.27. The van der Waals surface area contributed by atoms with Gasteiger partial charge in [0.2, 0.25) is 16.0 Å². The number of thiophene rings is 1. The number of ether oxygens (including phenoxy) is 1. The molecule has 0 radical (unpaired) electrons. The fraction of sp³-hybridized carbons (Fsp3) is 0.444. The summed E-state index contributed by atoms with van der Waals surface area (Å²) in [5.74, 6) is 1.62. The van der Waals surface area contributed by atoms with Crippen LogP contribution < -0.4 is 10.6 Å². The van der Waals surface area contributed by atoms with E-state index >= 15 is 0 Å². The second kappa shape index (κ2) is 7.38. The Morgan fingerprint density at radius 2 is 1.90 bits per heavy atom. The predicted molar refractivity (Wildman–Crippen MR) is 115 cm³/mol. The van der Waals surface area contributed by atoms with Gasteiger partial charge in [0.25, 0.3) is 0 Å². The number of nitrogens with two attached hydrogens (primary N) is 1. The summed E-state index contributed by atoms with van der Waals surface area (Å²) in [6.45, 7) is 5.14. The molecule has 0 unspecified atom stereocenters. The molecule has 0 amide bonds. The van der Waals surface area contributed by atoms with Crippen molar-refractivity contribution in [3.8, 4) is 11.4 Å². The number of nitrogen functional groups attached to an aromatic ring is 1. The zero-order valence-corrected chi connectivity index (χ0v) is 18.0. The summed E-state index contributed by atoms with van der Waals surface area (Å²) in [5.41, 5.74) is 8.04. The lowest BCUT2D eigenvalue weighted by atomic mass is 10.2. The van der Waals surface area contributed by atoms with Gasteiger partial charge in [0.15, 0.2) is 11.6 Å². The normalized spacial score (nSPS) is 17.6. The Kier molecular flexibility index (Phi) is 4.81. The summed E-state index contributed by atoms with van der Waals surface area (Å²) < 4.78 is 32.8. The smallest absolute Gasteiger partial charge is 0.219 e. The number of hydrogen-bond acceptors (Lipinski definition) is 10. The molecule has 5 heterocycles. The van der Waals surface area contributed by atoms with E-state index in [4.69, 9.17) is 20.4 Å². The molecule has 10 nitrogen and oxygen atoms in total. The number of nitrogens with zero attached hydrogens (tertiary/aromatic N) is 6. The molecule has 12 heteroatoms. The van der Waals surface area contributed by atoms with Crippen molar-refractivity contribution in [2.75, 3.05) is 42.7 Å². The first-order valence-corrected chi connectivity index (χ1v) is 12.1. The summed E-state index contributed by atoms with van der Waals surface area (Å²) >= 11 is 1.58. The van der Waals surface area contributed by atoms with Gasteiger partial charge in [-0.3, -0.25) is 0 Å². The van der Waals surface area contributed by atoms with E-state index in [-0.39, 0.29) is 11.7 Å². The molecule has 1 fully saturated rings. The summed E-state index contributed by atoms with van der Waals surface area (Å²) in [6.07, 6.45) is 3.21. The van der Waals surface area contributed by atoms with E-state index in [1.807, 2.05) is 0 Å². The Labute approximate surface area is 177 Å². The summed E-state index contributed by atoms with van der Waals surface area (Å²) in [4.78, 5) is 21.0. The molecule has 2 aliphatic heterocycles. The van der Waals surface area contributed by atoms with Crippen molar-refractivity contribution in [2.45, 2.75) is 20.0 Å². The van der Waals surface area contributed by atoms with Gasteiger partial charge < -0.3 is 15.4 Å². The molecule has 3 aromatic heterocycles. The molecule has 2 aliphatic rings. The Bertz CT molecular complexity index is 1200. The van der Waals surface area contributed by atoms with Crippen LogP contribution in [0.25, 0.3) is 21.6 Å². The van der Waals surface area contributed by atoms with Crippen LogP contribution in [0.3, 0.4) is 0 Å². The Hall–Kier alpha value is -2.41. The number of fused-ring (bicyclic) bond motifs is 3. The van der Waals surface area contributed by atoms with Crippen LogP contribution in [-0.2, 0) is 27.8 Å². The van der Waals surface area contributed by atoms with Crippen LogP contribution in [0, 0.1) is 0 Å². The van der Waals surface area contributed by atoms with E-state index < -0.39 is 10.0 Å². The molecule has 0 spiro atoms. The monoisotopic (exact) mass is 447 g/mol. The van der Waals surface area contributed by atoms with E-state index in [1.165, 1.54) is 4.31 Å². The van der Waals surface area contributed by atoms with Crippen LogP contribution in [0.2, 0.25) is 0 Å². The van der Waals surface area contributed by atoms with E-state index in [9.17, 15) is 8.42 Å². The van der Waals surface area contributed by atoms with Crippen molar-refractivity contribution in [2.24, 2.45) is 0 Å². The maximum atomic E-state index is 12.4. The lowest BCUT2D eigenvalue weighted by Gasteiger charge is -2.28. The van der Waals surface area contributed by atoms with Crippen molar-refractivity contribution in [3.05, 3.63) is 22.8 Å². The number of sulfonamides is 1. The quantitative estimate of drug-likeness (QED) is 0.628. The van der Waals surface area contributed by atoms with Gasteiger partial charge in [-0.1, -0.05) is 0 Å². The number of aromatic nitrogens is 4. The molecule has 5 rings (SSSR count). The van der Waals surface area contributed by atoms with Crippen LogP contribution in [0.15, 0.2) is 12.4 Å². The fourth-order valence-corrected chi connectivity index (χ4v) is 6.07. The number of rotatable bonds is 4. The highest BCUT2D eigenvalue weighted by Crippen LogP contribution is 2.42. The molecule has 0 aliphatic carbocycles. The zero-order chi connectivity index (χ0) is 20.9. The van der Waals surface area contributed by atoms with Gasteiger partial charge in [0.05, 0.1) is 34.7 Å². The van der Waals surface area contributed by atoms with Crippen molar-refractivity contribution >= 4 is 43.3 Å². The van der Waals surface area contributed by atoms with Crippen LogP contribution in [0.4, 0.5) is 11.8 Å². The van der Waals surface area contributed by atoms with Gasteiger partial charge in [0, 0.05) is 49.0 Å². The maximum Gasteiger partial charge on any atom is 0.219 e. The Balaban J connectivity index is 1.66. The highest BCUT2D eigenvalue weighted by Gasteiger charge is 2.33. The first-order valence-electron chi connectivity index (χ1n) is 9.67.